The van der Waals surface area contributed by atoms with Gasteiger partial charge in [0, 0.05) is 53.7 Å². The minimum atomic E-state index is -1.71. The molecule has 0 saturated carbocycles. The molecule has 0 radical (unpaired) electrons. The SMILES string of the molecule is COc1ccc(CNC2CSc3nc(N(C(=O)O)C(=O)O)nc4c3c(nn4Cc3ncc(C)c(OC)c3C)C2)c(OC)c1. The van der Waals surface area contributed by atoms with Gasteiger partial charge in [0.25, 0.3) is 0 Å². The molecule has 3 aromatic heterocycles. The number of thioether (sulfide) groups is 1. The van der Waals surface area contributed by atoms with Crippen LogP contribution in [0.5, 0.6) is 17.2 Å². The Labute approximate surface area is 251 Å². The average Bonchev–Trinajstić information content (AvgIpc) is 3.21. The number of carboxylic acid groups (broad SMARTS) is 2. The number of pyridine rings is 1. The third-order valence-electron chi connectivity index (χ3n) is 7.19. The number of nitrogens with one attached hydrogen (secondary N) is 1. The maximum atomic E-state index is 11.8. The van der Waals surface area contributed by atoms with E-state index in [1.807, 2.05) is 32.0 Å². The number of aryl methyl sites for hydroxylation is 1. The van der Waals surface area contributed by atoms with Crippen molar-refractivity contribution in [1.29, 1.82) is 0 Å². The topological polar surface area (TPSA) is 174 Å². The van der Waals surface area contributed by atoms with E-state index in [1.54, 1.807) is 32.2 Å². The fraction of sp³-hybridized carbons (Fsp3) is 0.357. The summed E-state index contributed by atoms with van der Waals surface area (Å²) < 4.78 is 18.0. The number of rotatable bonds is 9. The van der Waals surface area contributed by atoms with E-state index in [0.717, 1.165) is 16.7 Å². The lowest BCUT2D eigenvalue weighted by atomic mass is 10.1. The van der Waals surface area contributed by atoms with Crippen LogP contribution < -0.4 is 24.4 Å². The normalized spacial score (nSPS) is 14.3. The van der Waals surface area contributed by atoms with Crippen LogP contribution in [0.1, 0.15) is 28.1 Å². The zero-order valence-electron chi connectivity index (χ0n) is 24.2. The van der Waals surface area contributed by atoms with Crippen LogP contribution in [0.25, 0.3) is 11.0 Å². The van der Waals surface area contributed by atoms with Crippen molar-refractivity contribution < 1.29 is 34.0 Å². The van der Waals surface area contributed by atoms with Crippen molar-refractivity contribution in [2.75, 3.05) is 32.0 Å². The number of aromatic nitrogens is 5. The van der Waals surface area contributed by atoms with Gasteiger partial charge in [-0.15, -0.1) is 16.7 Å². The standard InChI is InChI=1S/C28H31N7O7S/c1-14-10-30-20(15(2)23(14)42-5)12-34-24-22-19(33-34)8-17(29-11-16-6-7-18(40-3)9-21(16)41-4)13-43-25(22)32-26(31-24)35(27(36)37)28(38)39/h6-7,9-10,17,29H,8,11-13H2,1-5H3,(H,36,37)(H,38,39). The first-order valence-electron chi connectivity index (χ1n) is 13.2. The zero-order chi connectivity index (χ0) is 30.8. The Hall–Kier alpha value is -4.63. The fourth-order valence-electron chi connectivity index (χ4n) is 5.04. The molecule has 1 aliphatic heterocycles. The number of carbonyl (C=O) groups is 2. The summed E-state index contributed by atoms with van der Waals surface area (Å²) in [5.74, 6) is 2.18. The van der Waals surface area contributed by atoms with Crippen LogP contribution in [0.4, 0.5) is 15.5 Å². The Kier molecular flexibility index (Phi) is 8.54. The molecule has 4 heterocycles. The lowest BCUT2D eigenvalue weighted by Gasteiger charge is -2.18. The van der Waals surface area contributed by atoms with E-state index in [1.165, 1.54) is 11.8 Å². The predicted octanol–water partition coefficient (Wildman–Crippen LogP) is 3.88. The Morgan fingerprint density at radius 3 is 2.56 bits per heavy atom. The second-order valence-electron chi connectivity index (χ2n) is 9.85. The van der Waals surface area contributed by atoms with Gasteiger partial charge < -0.3 is 29.7 Å². The van der Waals surface area contributed by atoms with E-state index >= 15 is 0 Å². The molecule has 15 heteroatoms. The van der Waals surface area contributed by atoms with E-state index in [4.69, 9.17) is 19.3 Å². The molecule has 0 spiro atoms. The molecule has 1 aromatic carbocycles. The largest absolute Gasteiger partial charge is 0.497 e. The van der Waals surface area contributed by atoms with Crippen molar-refractivity contribution in [3.8, 4) is 17.2 Å². The summed E-state index contributed by atoms with van der Waals surface area (Å²) in [4.78, 5) is 37.1. The maximum absolute atomic E-state index is 11.8. The molecule has 226 valence electrons. The molecule has 2 amide bonds. The van der Waals surface area contributed by atoms with Crippen LogP contribution in [0, 0.1) is 13.8 Å². The van der Waals surface area contributed by atoms with Gasteiger partial charge >= 0.3 is 12.2 Å². The van der Waals surface area contributed by atoms with Crippen molar-refractivity contribution >= 4 is 40.9 Å². The molecule has 0 fully saturated rings. The van der Waals surface area contributed by atoms with Gasteiger partial charge in [0.2, 0.25) is 5.95 Å². The van der Waals surface area contributed by atoms with Gasteiger partial charge in [0.05, 0.1) is 44.6 Å². The minimum Gasteiger partial charge on any atom is -0.497 e. The molecule has 1 unspecified atom stereocenters. The fourth-order valence-corrected chi connectivity index (χ4v) is 6.13. The van der Waals surface area contributed by atoms with Crippen LogP contribution in [0.3, 0.4) is 0 Å². The Morgan fingerprint density at radius 1 is 1.12 bits per heavy atom. The molecule has 1 aliphatic rings. The number of methoxy groups -OCH3 is 3. The monoisotopic (exact) mass is 609 g/mol. The average molecular weight is 610 g/mol. The van der Waals surface area contributed by atoms with Gasteiger partial charge in [-0.25, -0.2) is 19.3 Å². The molecule has 0 bridgehead atoms. The summed E-state index contributed by atoms with van der Waals surface area (Å²) in [6.07, 6.45) is -1.19. The number of ether oxygens (including phenoxy) is 3. The van der Waals surface area contributed by atoms with Crippen LogP contribution in [0.15, 0.2) is 29.4 Å². The number of hydrogen-bond donors (Lipinski definition) is 3. The van der Waals surface area contributed by atoms with Gasteiger partial charge in [-0.1, -0.05) is 6.07 Å². The smallest absolute Gasteiger partial charge is 0.424 e. The predicted molar refractivity (Wildman–Crippen MR) is 158 cm³/mol. The number of amides is 2. The molecule has 1 atom stereocenters. The minimum absolute atomic E-state index is 0.0598. The quantitative estimate of drug-likeness (QED) is 0.233. The molecule has 0 aliphatic carbocycles. The van der Waals surface area contributed by atoms with Crippen LogP contribution in [-0.2, 0) is 19.5 Å². The second kappa shape index (κ2) is 12.3. The van der Waals surface area contributed by atoms with Crippen molar-refractivity contribution in [2.45, 2.75) is 44.4 Å². The summed E-state index contributed by atoms with van der Waals surface area (Å²) in [5.41, 5.74) is 4.35. The third-order valence-corrected chi connectivity index (χ3v) is 8.33. The van der Waals surface area contributed by atoms with E-state index in [-0.39, 0.29) is 17.5 Å². The summed E-state index contributed by atoms with van der Waals surface area (Å²) in [7, 11) is 4.80. The third kappa shape index (κ3) is 5.85. The number of anilines is 1. The first-order valence-corrected chi connectivity index (χ1v) is 14.2. The highest BCUT2D eigenvalue weighted by Crippen LogP contribution is 2.35. The number of benzene rings is 1. The van der Waals surface area contributed by atoms with Crippen LogP contribution >= 0.6 is 11.8 Å². The molecular formula is C28H31N7O7S. The zero-order valence-corrected chi connectivity index (χ0v) is 25.1. The Morgan fingerprint density at radius 2 is 1.88 bits per heavy atom. The van der Waals surface area contributed by atoms with E-state index in [0.29, 0.717) is 63.4 Å². The lowest BCUT2D eigenvalue weighted by Crippen LogP contribution is -2.36. The highest BCUT2D eigenvalue weighted by atomic mass is 32.2. The van der Waals surface area contributed by atoms with Crippen molar-refractivity contribution in [1.82, 2.24) is 30.0 Å². The molecule has 0 saturated heterocycles. The number of hydrogen-bond acceptors (Lipinski definition) is 11. The molecule has 5 rings (SSSR count). The molecule has 4 aromatic rings. The summed E-state index contributed by atoms with van der Waals surface area (Å²) in [6.45, 7) is 4.50. The maximum Gasteiger partial charge on any atom is 0.424 e. The Bertz CT molecular complexity index is 1700. The van der Waals surface area contributed by atoms with Gasteiger partial charge in [0.1, 0.15) is 22.3 Å². The first kappa shape index (κ1) is 29.8. The van der Waals surface area contributed by atoms with E-state index in [2.05, 4.69) is 20.3 Å². The van der Waals surface area contributed by atoms with Crippen LogP contribution in [-0.4, -0.2) is 80.3 Å². The van der Waals surface area contributed by atoms with Crippen molar-refractivity contribution in [3.63, 3.8) is 0 Å². The molecular weight excluding hydrogens is 578 g/mol. The molecule has 43 heavy (non-hydrogen) atoms. The summed E-state index contributed by atoms with van der Waals surface area (Å²) in [5, 5.41) is 28.8. The van der Waals surface area contributed by atoms with Gasteiger partial charge in [-0.2, -0.15) is 10.1 Å². The van der Waals surface area contributed by atoms with Crippen molar-refractivity contribution in [2.24, 2.45) is 0 Å². The van der Waals surface area contributed by atoms with Gasteiger partial charge in [-0.05, 0) is 19.9 Å². The lowest BCUT2D eigenvalue weighted by molar-refractivity contribution is 0.183. The van der Waals surface area contributed by atoms with Crippen LogP contribution in [0.2, 0.25) is 0 Å². The highest BCUT2D eigenvalue weighted by molar-refractivity contribution is 7.99. The highest BCUT2D eigenvalue weighted by Gasteiger charge is 2.31. The van der Waals surface area contributed by atoms with Gasteiger partial charge in [0.15, 0.2) is 5.65 Å². The first-order chi connectivity index (χ1) is 20.6. The number of imide groups is 1. The van der Waals surface area contributed by atoms with Crippen molar-refractivity contribution in [3.05, 3.63) is 52.5 Å². The van der Waals surface area contributed by atoms with E-state index < -0.39 is 18.1 Å². The summed E-state index contributed by atoms with van der Waals surface area (Å²) in [6, 6.07) is 5.57. The second-order valence-corrected chi connectivity index (χ2v) is 10.9. The number of nitrogens with zero attached hydrogens (tertiary/aromatic N) is 6. The Balaban J connectivity index is 1.54. The van der Waals surface area contributed by atoms with Gasteiger partial charge in [-0.3, -0.25) is 4.98 Å². The summed E-state index contributed by atoms with van der Waals surface area (Å²) >= 11 is 1.38. The molecule has 14 nitrogen and oxygen atoms in total. The molecule has 3 N–H and O–H groups in total. The van der Waals surface area contributed by atoms with E-state index in [9.17, 15) is 19.8 Å².